The second-order valence-corrected chi connectivity index (χ2v) is 6.50. The van der Waals surface area contributed by atoms with Gasteiger partial charge in [0.25, 0.3) is 0 Å². The van der Waals surface area contributed by atoms with Crippen LogP contribution >= 0.6 is 11.3 Å². The highest BCUT2D eigenvalue weighted by atomic mass is 32.1. The van der Waals surface area contributed by atoms with Crippen LogP contribution in [0.5, 0.6) is 0 Å². The molecule has 7 heteroatoms. The van der Waals surface area contributed by atoms with E-state index in [0.29, 0.717) is 0 Å². The van der Waals surface area contributed by atoms with Gasteiger partial charge in [0.05, 0.1) is 5.00 Å². The molecule has 3 rings (SSSR count). The lowest BCUT2D eigenvalue weighted by Crippen LogP contribution is -2.41. The van der Waals surface area contributed by atoms with Gasteiger partial charge in [-0.1, -0.05) is 0 Å². The molecule has 0 radical (unpaired) electrons. The number of urea groups is 1. The largest absolute Gasteiger partial charge is 0.347 e. The maximum absolute atomic E-state index is 12.0. The number of nitrogens with zero attached hydrogens (tertiary/aromatic N) is 3. The first kappa shape index (κ1) is 14.8. The van der Waals surface area contributed by atoms with Crippen molar-refractivity contribution in [3.8, 4) is 0 Å². The molecule has 2 aromatic heterocycles. The van der Waals surface area contributed by atoms with E-state index in [0.717, 1.165) is 41.5 Å². The van der Waals surface area contributed by atoms with E-state index >= 15 is 0 Å². The van der Waals surface area contributed by atoms with Gasteiger partial charge in [-0.2, -0.15) is 0 Å². The Labute approximate surface area is 133 Å². The zero-order chi connectivity index (χ0) is 15.5. The van der Waals surface area contributed by atoms with Gasteiger partial charge in [-0.25, -0.2) is 14.8 Å². The van der Waals surface area contributed by atoms with E-state index in [2.05, 4.69) is 20.6 Å². The van der Waals surface area contributed by atoms with Crippen molar-refractivity contribution in [2.45, 2.75) is 25.3 Å². The van der Waals surface area contributed by atoms with Crippen molar-refractivity contribution in [1.29, 1.82) is 0 Å². The molecule has 22 heavy (non-hydrogen) atoms. The number of fused-ring (bicyclic) bond motifs is 1. The number of anilines is 2. The normalized spacial score (nSPS) is 16.7. The molecule has 0 spiro atoms. The summed E-state index contributed by atoms with van der Waals surface area (Å²) in [7, 11) is 3.87. The van der Waals surface area contributed by atoms with Gasteiger partial charge >= 0.3 is 6.03 Å². The first-order valence-electron chi connectivity index (χ1n) is 7.25. The molecule has 6 nitrogen and oxygen atoms in total. The molecule has 0 saturated heterocycles. The maximum atomic E-state index is 12.0. The molecule has 2 aromatic rings. The summed E-state index contributed by atoms with van der Waals surface area (Å²) in [4.78, 5) is 22.8. The molecule has 2 N–H and O–H groups in total. The molecule has 116 valence electrons. The summed E-state index contributed by atoms with van der Waals surface area (Å²) >= 11 is 1.51. The summed E-state index contributed by atoms with van der Waals surface area (Å²) in [5.41, 5.74) is 2.22. The highest BCUT2D eigenvalue weighted by molar-refractivity contribution is 7.14. The fraction of sp³-hybridized carbons (Fsp3) is 0.400. The van der Waals surface area contributed by atoms with Crippen LogP contribution in [0.15, 0.2) is 23.7 Å². The summed E-state index contributed by atoms with van der Waals surface area (Å²) in [6, 6.07) is 3.77. The predicted octanol–water partition coefficient (Wildman–Crippen LogP) is 2.28. The van der Waals surface area contributed by atoms with Gasteiger partial charge in [-0.05, 0) is 42.3 Å². The minimum atomic E-state index is -0.151. The highest BCUT2D eigenvalue weighted by Gasteiger charge is 2.22. The van der Waals surface area contributed by atoms with Gasteiger partial charge < -0.3 is 10.2 Å². The van der Waals surface area contributed by atoms with Crippen LogP contribution in [0, 0.1) is 0 Å². The second kappa shape index (κ2) is 6.31. The summed E-state index contributed by atoms with van der Waals surface area (Å²) < 4.78 is 0. The molecule has 1 atom stereocenters. The molecule has 1 aliphatic carbocycles. The molecular formula is C15H19N5OS. The molecule has 0 saturated carbocycles. The van der Waals surface area contributed by atoms with Crippen molar-refractivity contribution in [3.63, 3.8) is 0 Å². The SMILES string of the molecule is CN(C)c1ncc2c(n1)CC[C@H](NC(=O)Nc1cccs1)C2. The molecule has 0 aliphatic heterocycles. The molecule has 2 amide bonds. The van der Waals surface area contributed by atoms with E-state index in [1.54, 1.807) is 0 Å². The van der Waals surface area contributed by atoms with E-state index in [9.17, 15) is 4.79 Å². The number of carbonyl (C=O) groups excluding carboxylic acids is 1. The topological polar surface area (TPSA) is 70.2 Å². The van der Waals surface area contributed by atoms with Gasteiger partial charge in [0.2, 0.25) is 5.95 Å². The zero-order valence-corrected chi connectivity index (χ0v) is 13.5. The molecular weight excluding hydrogens is 298 g/mol. The van der Waals surface area contributed by atoms with Crippen LogP contribution in [-0.2, 0) is 12.8 Å². The summed E-state index contributed by atoms with van der Waals surface area (Å²) in [6.45, 7) is 0. The van der Waals surface area contributed by atoms with Gasteiger partial charge in [0.1, 0.15) is 0 Å². The van der Waals surface area contributed by atoms with Gasteiger partial charge in [-0.3, -0.25) is 5.32 Å². The molecule has 1 aliphatic rings. The Morgan fingerprint density at radius 3 is 3.05 bits per heavy atom. The third kappa shape index (κ3) is 3.36. The molecule has 0 unspecified atom stereocenters. The Hall–Kier alpha value is -2.15. The Kier molecular flexibility index (Phi) is 4.24. The number of carbonyl (C=O) groups is 1. The lowest BCUT2D eigenvalue weighted by molar-refractivity contribution is 0.247. The number of aryl methyl sites for hydroxylation is 1. The Morgan fingerprint density at radius 1 is 1.45 bits per heavy atom. The van der Waals surface area contributed by atoms with Crippen molar-refractivity contribution in [3.05, 3.63) is 35.0 Å². The Balaban J connectivity index is 1.61. The third-order valence-electron chi connectivity index (χ3n) is 3.63. The molecule has 0 bridgehead atoms. The fourth-order valence-corrected chi connectivity index (χ4v) is 3.13. The number of nitrogens with one attached hydrogen (secondary N) is 2. The number of rotatable bonds is 3. The Morgan fingerprint density at radius 2 is 2.32 bits per heavy atom. The van der Waals surface area contributed by atoms with Gasteiger partial charge in [0, 0.05) is 32.0 Å². The van der Waals surface area contributed by atoms with Crippen LogP contribution in [0.3, 0.4) is 0 Å². The monoisotopic (exact) mass is 317 g/mol. The standard InChI is InChI=1S/C15H19N5OS/c1-20(2)14-16-9-10-8-11(5-6-12(10)18-14)17-15(21)19-13-4-3-7-22-13/h3-4,7,9,11H,5-6,8H2,1-2H3,(H2,17,19,21)/t11-/m0/s1. The lowest BCUT2D eigenvalue weighted by atomic mass is 9.93. The summed E-state index contributed by atoms with van der Waals surface area (Å²) in [5.74, 6) is 0.737. The maximum Gasteiger partial charge on any atom is 0.320 e. The minimum absolute atomic E-state index is 0.126. The van der Waals surface area contributed by atoms with Crippen molar-refractivity contribution >= 4 is 28.3 Å². The minimum Gasteiger partial charge on any atom is -0.347 e. The first-order valence-corrected chi connectivity index (χ1v) is 8.13. The van der Waals surface area contributed by atoms with E-state index in [-0.39, 0.29) is 12.1 Å². The number of hydrogen-bond donors (Lipinski definition) is 2. The van der Waals surface area contributed by atoms with Gasteiger partial charge in [0.15, 0.2) is 0 Å². The first-order chi connectivity index (χ1) is 10.6. The number of thiophene rings is 1. The van der Waals surface area contributed by atoms with Crippen LogP contribution in [0.1, 0.15) is 17.7 Å². The summed E-state index contributed by atoms with van der Waals surface area (Å²) in [6.07, 6.45) is 4.42. The smallest absolute Gasteiger partial charge is 0.320 e. The average molecular weight is 317 g/mol. The van der Waals surface area contributed by atoms with E-state index < -0.39 is 0 Å². The number of amides is 2. The fourth-order valence-electron chi connectivity index (χ4n) is 2.52. The second-order valence-electron chi connectivity index (χ2n) is 5.55. The van der Waals surface area contributed by atoms with Crippen molar-refractivity contribution in [2.24, 2.45) is 0 Å². The number of aromatic nitrogens is 2. The highest BCUT2D eigenvalue weighted by Crippen LogP contribution is 2.21. The zero-order valence-electron chi connectivity index (χ0n) is 12.7. The van der Waals surface area contributed by atoms with Crippen LogP contribution in [0.2, 0.25) is 0 Å². The average Bonchev–Trinajstić information content (AvgIpc) is 2.99. The predicted molar refractivity (Wildman–Crippen MR) is 88.6 cm³/mol. The molecule has 0 fully saturated rings. The van der Waals surface area contributed by atoms with Crippen molar-refractivity contribution < 1.29 is 4.79 Å². The lowest BCUT2D eigenvalue weighted by Gasteiger charge is -2.25. The number of hydrogen-bond acceptors (Lipinski definition) is 5. The van der Waals surface area contributed by atoms with E-state index in [4.69, 9.17) is 0 Å². The van der Waals surface area contributed by atoms with E-state index in [1.165, 1.54) is 11.3 Å². The van der Waals surface area contributed by atoms with Crippen LogP contribution in [-0.4, -0.2) is 36.1 Å². The van der Waals surface area contributed by atoms with Gasteiger partial charge in [-0.15, -0.1) is 11.3 Å². The molecule has 2 heterocycles. The van der Waals surface area contributed by atoms with Crippen molar-refractivity contribution in [2.75, 3.05) is 24.3 Å². The molecule has 0 aromatic carbocycles. The third-order valence-corrected chi connectivity index (χ3v) is 4.42. The summed E-state index contributed by atoms with van der Waals surface area (Å²) in [5, 5.41) is 8.66. The van der Waals surface area contributed by atoms with Crippen LogP contribution < -0.4 is 15.5 Å². The van der Waals surface area contributed by atoms with Crippen LogP contribution in [0.4, 0.5) is 15.7 Å². The Bertz CT molecular complexity index is 656. The van der Waals surface area contributed by atoms with Crippen molar-refractivity contribution in [1.82, 2.24) is 15.3 Å². The van der Waals surface area contributed by atoms with E-state index in [1.807, 2.05) is 42.7 Å². The van der Waals surface area contributed by atoms with Crippen LogP contribution in [0.25, 0.3) is 0 Å². The quantitative estimate of drug-likeness (QED) is 0.911.